The normalized spacial score (nSPS) is 10.4. The van der Waals surface area contributed by atoms with Gasteiger partial charge >= 0.3 is 0 Å². The van der Waals surface area contributed by atoms with E-state index in [4.69, 9.17) is 27.9 Å². The maximum absolute atomic E-state index is 11.8. The van der Waals surface area contributed by atoms with Crippen LogP contribution in [-0.2, 0) is 16.1 Å². The summed E-state index contributed by atoms with van der Waals surface area (Å²) in [5, 5.41) is 3.69. The van der Waals surface area contributed by atoms with Crippen LogP contribution >= 0.6 is 23.2 Å². The van der Waals surface area contributed by atoms with Gasteiger partial charge in [-0.05, 0) is 23.8 Å². The van der Waals surface area contributed by atoms with Gasteiger partial charge in [0.15, 0.2) is 0 Å². The number of rotatable bonds is 6. The second kappa shape index (κ2) is 8.03. The lowest BCUT2D eigenvalue weighted by atomic mass is 10.2. The zero-order valence-corrected chi connectivity index (χ0v) is 12.8. The van der Waals surface area contributed by atoms with E-state index >= 15 is 0 Å². The highest BCUT2D eigenvalue weighted by atomic mass is 35.5. The molecule has 0 unspecified atom stereocenters. The molecule has 21 heavy (non-hydrogen) atoms. The Kier molecular flexibility index (Phi) is 6.05. The number of hydrogen-bond acceptors (Lipinski definition) is 2. The van der Waals surface area contributed by atoms with Gasteiger partial charge in [-0.1, -0.05) is 53.5 Å². The number of halogens is 2. The fourth-order valence-corrected chi connectivity index (χ4v) is 2.07. The third-order valence-corrected chi connectivity index (χ3v) is 3.35. The average Bonchev–Trinajstić information content (AvgIpc) is 2.48. The van der Waals surface area contributed by atoms with Crippen LogP contribution in [-0.4, -0.2) is 12.5 Å². The Bertz CT molecular complexity index is 602. The quantitative estimate of drug-likeness (QED) is 0.792. The number of carbonyl (C=O) groups is 1. The van der Waals surface area contributed by atoms with E-state index in [9.17, 15) is 4.79 Å². The van der Waals surface area contributed by atoms with Gasteiger partial charge in [0.1, 0.15) is 0 Å². The summed E-state index contributed by atoms with van der Waals surface area (Å²) in [7, 11) is 0. The fourth-order valence-electron chi connectivity index (χ4n) is 1.74. The van der Waals surface area contributed by atoms with Gasteiger partial charge in [0, 0.05) is 5.02 Å². The zero-order chi connectivity index (χ0) is 15.1. The van der Waals surface area contributed by atoms with E-state index in [1.54, 1.807) is 18.2 Å². The highest BCUT2D eigenvalue weighted by Gasteiger charge is 2.06. The van der Waals surface area contributed by atoms with Crippen molar-refractivity contribution in [1.29, 1.82) is 0 Å². The lowest BCUT2D eigenvalue weighted by Crippen LogP contribution is -2.14. The smallest absolute Gasteiger partial charge is 0.226 e. The van der Waals surface area contributed by atoms with Gasteiger partial charge in [0.25, 0.3) is 0 Å². The van der Waals surface area contributed by atoms with Crippen molar-refractivity contribution in [3.05, 3.63) is 64.1 Å². The van der Waals surface area contributed by atoms with Crippen molar-refractivity contribution in [2.24, 2.45) is 0 Å². The van der Waals surface area contributed by atoms with Crippen LogP contribution in [0.15, 0.2) is 48.5 Å². The summed E-state index contributed by atoms with van der Waals surface area (Å²) in [5.74, 6) is -0.160. The van der Waals surface area contributed by atoms with Gasteiger partial charge in [-0.3, -0.25) is 4.79 Å². The van der Waals surface area contributed by atoms with Crippen LogP contribution in [0.2, 0.25) is 10.0 Å². The molecule has 0 spiro atoms. The molecule has 1 amide bonds. The first kappa shape index (κ1) is 15.8. The zero-order valence-electron chi connectivity index (χ0n) is 11.3. The van der Waals surface area contributed by atoms with E-state index in [1.165, 1.54) is 0 Å². The second-order valence-electron chi connectivity index (χ2n) is 4.46. The van der Waals surface area contributed by atoms with Crippen LogP contribution in [0.1, 0.15) is 12.0 Å². The SMILES string of the molecule is O=C(CCOCc1ccccc1)Nc1cc(Cl)ccc1Cl. The summed E-state index contributed by atoms with van der Waals surface area (Å²) < 4.78 is 5.46. The average molecular weight is 324 g/mol. The van der Waals surface area contributed by atoms with Crippen molar-refractivity contribution >= 4 is 34.8 Å². The van der Waals surface area contributed by atoms with Crippen LogP contribution in [0.3, 0.4) is 0 Å². The number of benzene rings is 2. The molecule has 0 fully saturated rings. The van der Waals surface area contributed by atoms with Crippen LogP contribution < -0.4 is 5.32 Å². The molecule has 0 saturated carbocycles. The lowest BCUT2D eigenvalue weighted by Gasteiger charge is -2.08. The van der Waals surface area contributed by atoms with E-state index in [-0.39, 0.29) is 12.3 Å². The number of ether oxygens (including phenoxy) is 1. The highest BCUT2D eigenvalue weighted by molar-refractivity contribution is 6.35. The maximum Gasteiger partial charge on any atom is 0.226 e. The van der Waals surface area contributed by atoms with Gasteiger partial charge in [-0.25, -0.2) is 0 Å². The molecule has 5 heteroatoms. The Balaban J connectivity index is 1.74. The van der Waals surface area contributed by atoms with E-state index in [1.807, 2.05) is 30.3 Å². The third kappa shape index (κ3) is 5.38. The lowest BCUT2D eigenvalue weighted by molar-refractivity contribution is -0.117. The van der Waals surface area contributed by atoms with Crippen LogP contribution in [0.4, 0.5) is 5.69 Å². The number of hydrogen-bond donors (Lipinski definition) is 1. The first-order valence-corrected chi connectivity index (χ1v) is 7.27. The molecule has 2 aromatic carbocycles. The minimum atomic E-state index is -0.160. The number of anilines is 1. The van der Waals surface area contributed by atoms with Crippen molar-refractivity contribution in [1.82, 2.24) is 0 Å². The summed E-state index contributed by atoms with van der Waals surface area (Å²) in [6, 6.07) is 14.7. The van der Waals surface area contributed by atoms with Gasteiger partial charge in [0.05, 0.1) is 30.3 Å². The van der Waals surface area contributed by atoms with E-state index in [2.05, 4.69) is 5.32 Å². The summed E-state index contributed by atoms with van der Waals surface area (Å²) in [6.45, 7) is 0.838. The van der Waals surface area contributed by atoms with Gasteiger partial charge < -0.3 is 10.1 Å². The van der Waals surface area contributed by atoms with E-state index < -0.39 is 0 Å². The van der Waals surface area contributed by atoms with Crippen LogP contribution in [0.5, 0.6) is 0 Å². The van der Waals surface area contributed by atoms with Crippen LogP contribution in [0, 0.1) is 0 Å². The molecule has 2 rings (SSSR count). The second-order valence-corrected chi connectivity index (χ2v) is 5.30. The van der Waals surface area contributed by atoms with Gasteiger partial charge in [-0.15, -0.1) is 0 Å². The predicted octanol–water partition coefficient (Wildman–Crippen LogP) is 4.54. The third-order valence-electron chi connectivity index (χ3n) is 2.79. The molecule has 0 bridgehead atoms. The molecule has 0 heterocycles. The topological polar surface area (TPSA) is 38.3 Å². The monoisotopic (exact) mass is 323 g/mol. The number of nitrogens with one attached hydrogen (secondary N) is 1. The Morgan fingerprint density at radius 2 is 1.86 bits per heavy atom. The molecule has 0 radical (unpaired) electrons. The molecule has 2 aromatic rings. The molecule has 110 valence electrons. The molecule has 0 atom stereocenters. The molecular weight excluding hydrogens is 309 g/mol. The predicted molar refractivity (Wildman–Crippen MR) is 85.8 cm³/mol. The number of carbonyl (C=O) groups excluding carboxylic acids is 1. The molecule has 0 saturated heterocycles. The number of amides is 1. The molecule has 0 aromatic heterocycles. The summed E-state index contributed by atoms with van der Waals surface area (Å²) >= 11 is 11.8. The Morgan fingerprint density at radius 3 is 2.62 bits per heavy atom. The van der Waals surface area contributed by atoms with Gasteiger partial charge in [0.2, 0.25) is 5.91 Å². The fraction of sp³-hybridized carbons (Fsp3) is 0.188. The van der Waals surface area contributed by atoms with Crippen molar-refractivity contribution in [2.75, 3.05) is 11.9 Å². The van der Waals surface area contributed by atoms with Crippen molar-refractivity contribution in [3.63, 3.8) is 0 Å². The molecule has 1 N–H and O–H groups in total. The Hall–Kier alpha value is -1.55. The van der Waals surface area contributed by atoms with Crippen LogP contribution in [0.25, 0.3) is 0 Å². The Morgan fingerprint density at radius 1 is 1.10 bits per heavy atom. The maximum atomic E-state index is 11.8. The van der Waals surface area contributed by atoms with E-state index in [0.717, 1.165) is 5.56 Å². The van der Waals surface area contributed by atoms with Gasteiger partial charge in [-0.2, -0.15) is 0 Å². The molecule has 0 aliphatic heterocycles. The largest absolute Gasteiger partial charge is 0.376 e. The summed E-state index contributed by atoms with van der Waals surface area (Å²) in [5.41, 5.74) is 1.59. The first-order valence-electron chi connectivity index (χ1n) is 6.52. The molecule has 0 aliphatic carbocycles. The summed E-state index contributed by atoms with van der Waals surface area (Å²) in [4.78, 5) is 11.8. The van der Waals surface area contributed by atoms with E-state index in [0.29, 0.717) is 28.9 Å². The van der Waals surface area contributed by atoms with Crippen molar-refractivity contribution in [2.45, 2.75) is 13.0 Å². The molecular formula is C16H15Cl2NO2. The molecule has 0 aliphatic rings. The standard InChI is InChI=1S/C16H15Cl2NO2/c17-13-6-7-14(18)15(10-13)19-16(20)8-9-21-11-12-4-2-1-3-5-12/h1-7,10H,8-9,11H2,(H,19,20). The Labute approximate surface area is 133 Å². The minimum Gasteiger partial charge on any atom is -0.376 e. The van der Waals surface area contributed by atoms with Crippen molar-refractivity contribution in [3.8, 4) is 0 Å². The minimum absolute atomic E-state index is 0.160. The highest BCUT2D eigenvalue weighted by Crippen LogP contribution is 2.25. The summed E-state index contributed by atoms with van der Waals surface area (Å²) in [6.07, 6.45) is 0.260. The van der Waals surface area contributed by atoms with Crippen molar-refractivity contribution < 1.29 is 9.53 Å². The first-order chi connectivity index (χ1) is 10.1. The molecule has 3 nitrogen and oxygen atoms in total.